The van der Waals surface area contributed by atoms with Gasteiger partial charge in [0.15, 0.2) is 6.04 Å². The highest BCUT2D eigenvalue weighted by Crippen LogP contribution is 2.19. The Labute approximate surface area is 189 Å². The maximum atomic E-state index is 12.9. The van der Waals surface area contributed by atoms with Gasteiger partial charge in [-0.05, 0) is 19.1 Å². The Morgan fingerprint density at radius 3 is 1.88 bits per heavy atom. The number of nitrogens with zero attached hydrogens (tertiary/aromatic N) is 1. The van der Waals surface area contributed by atoms with Crippen LogP contribution < -0.4 is 15.1 Å². The lowest BCUT2D eigenvalue weighted by Crippen LogP contribution is -3.30. The first-order valence-corrected chi connectivity index (χ1v) is 11.3. The first kappa shape index (κ1) is 21.8. The van der Waals surface area contributed by atoms with Crippen molar-refractivity contribution in [3.8, 4) is 6.07 Å². The van der Waals surface area contributed by atoms with Gasteiger partial charge in [-0.25, -0.2) is 0 Å². The molecule has 1 fully saturated rings. The quantitative estimate of drug-likeness (QED) is 0.559. The van der Waals surface area contributed by atoms with Gasteiger partial charge in [-0.2, -0.15) is 5.26 Å². The van der Waals surface area contributed by atoms with E-state index in [1.807, 2.05) is 13.0 Å². The number of rotatable bonds is 6. The Morgan fingerprint density at radius 1 is 0.812 bits per heavy atom. The predicted octanol–water partition coefficient (Wildman–Crippen LogP) is 1.46. The average molecular weight is 427 g/mol. The third-order valence-electron chi connectivity index (χ3n) is 6.52. The van der Waals surface area contributed by atoms with E-state index >= 15 is 0 Å². The Bertz CT molecular complexity index is 1030. The van der Waals surface area contributed by atoms with E-state index in [0.29, 0.717) is 17.3 Å². The highest BCUT2D eigenvalue weighted by molar-refractivity contribution is 5.94. The molecule has 0 spiro atoms. The normalized spacial score (nSPS) is 19.2. The molecular formula is C27H30N4O+2. The number of anilines is 1. The molecule has 0 radical (unpaired) electrons. The zero-order chi connectivity index (χ0) is 22.3. The Morgan fingerprint density at radius 2 is 1.31 bits per heavy atom. The topological polar surface area (TPSA) is 61.8 Å². The lowest BCUT2D eigenvalue weighted by atomic mass is 9.96. The van der Waals surface area contributed by atoms with Crippen molar-refractivity contribution in [2.75, 3.05) is 31.5 Å². The summed E-state index contributed by atoms with van der Waals surface area (Å²) in [6.45, 7) is 5.84. The van der Waals surface area contributed by atoms with Crippen LogP contribution in [0.1, 0.15) is 29.7 Å². The summed E-state index contributed by atoms with van der Waals surface area (Å²) in [7, 11) is 0. The number of carbonyl (C=O) groups is 1. The lowest BCUT2D eigenvalue weighted by molar-refractivity contribution is -1.03. The molecule has 3 aromatic carbocycles. The SMILES string of the molecule is C[C@H](C(=O)Nc1ccccc1C#N)[NH+]1CC[NH+](C(c2ccccc2)c2ccccc2)CC1. The molecule has 0 aliphatic carbocycles. The molecule has 4 rings (SSSR count). The van der Waals surface area contributed by atoms with Gasteiger partial charge >= 0.3 is 0 Å². The summed E-state index contributed by atoms with van der Waals surface area (Å²) in [4.78, 5) is 15.7. The highest BCUT2D eigenvalue weighted by atomic mass is 16.2. The van der Waals surface area contributed by atoms with Crippen molar-refractivity contribution in [2.45, 2.75) is 19.0 Å². The zero-order valence-electron chi connectivity index (χ0n) is 18.4. The number of carbonyl (C=O) groups excluding carboxylic acids is 1. The van der Waals surface area contributed by atoms with E-state index in [0.717, 1.165) is 26.2 Å². The van der Waals surface area contributed by atoms with Gasteiger partial charge in [-0.3, -0.25) is 4.79 Å². The first-order valence-electron chi connectivity index (χ1n) is 11.3. The molecule has 0 saturated carbocycles. The molecule has 1 atom stereocenters. The van der Waals surface area contributed by atoms with Crippen LogP contribution in [0.15, 0.2) is 84.9 Å². The largest absolute Gasteiger partial charge is 0.320 e. The van der Waals surface area contributed by atoms with E-state index in [2.05, 4.69) is 72.0 Å². The predicted molar refractivity (Wildman–Crippen MR) is 125 cm³/mol. The first-order chi connectivity index (χ1) is 15.7. The van der Waals surface area contributed by atoms with Crippen molar-refractivity contribution >= 4 is 11.6 Å². The standard InChI is InChI=1S/C27H28N4O/c1-21(27(32)29-25-15-9-8-14-24(25)20-28)30-16-18-31(19-17-30)26(22-10-4-2-5-11-22)23-12-6-3-7-13-23/h2-15,21,26H,16-19H2,1H3,(H,29,32)/p+2/t21-/m1/s1. The van der Waals surface area contributed by atoms with Crippen molar-refractivity contribution < 1.29 is 14.6 Å². The molecule has 5 nitrogen and oxygen atoms in total. The van der Waals surface area contributed by atoms with Gasteiger partial charge in [-0.15, -0.1) is 0 Å². The Hall–Kier alpha value is -3.46. The fourth-order valence-corrected chi connectivity index (χ4v) is 4.68. The van der Waals surface area contributed by atoms with Gasteiger partial charge in [0.25, 0.3) is 5.91 Å². The Kier molecular flexibility index (Phi) is 6.96. The number of benzene rings is 3. The van der Waals surface area contributed by atoms with Gasteiger partial charge < -0.3 is 15.1 Å². The summed E-state index contributed by atoms with van der Waals surface area (Å²) in [5.74, 6) is -0.0335. The second kappa shape index (κ2) is 10.2. The van der Waals surface area contributed by atoms with Crippen LogP contribution in [-0.2, 0) is 4.79 Å². The molecule has 32 heavy (non-hydrogen) atoms. The van der Waals surface area contributed by atoms with E-state index in [4.69, 9.17) is 0 Å². The number of quaternary nitrogens is 2. The van der Waals surface area contributed by atoms with Crippen molar-refractivity contribution in [2.24, 2.45) is 0 Å². The van der Waals surface area contributed by atoms with Crippen LogP contribution in [0.4, 0.5) is 5.69 Å². The third-order valence-corrected chi connectivity index (χ3v) is 6.52. The van der Waals surface area contributed by atoms with Gasteiger partial charge in [0, 0.05) is 11.1 Å². The number of hydrogen-bond donors (Lipinski definition) is 3. The summed E-state index contributed by atoms with van der Waals surface area (Å²) < 4.78 is 0. The van der Waals surface area contributed by atoms with E-state index in [-0.39, 0.29) is 11.9 Å². The summed E-state index contributed by atoms with van der Waals surface area (Å²) in [5, 5.41) is 12.2. The van der Waals surface area contributed by atoms with Crippen molar-refractivity contribution in [3.05, 3.63) is 102 Å². The molecular weight excluding hydrogens is 396 g/mol. The molecule has 1 aliphatic heterocycles. The molecule has 3 N–H and O–H groups in total. The fraction of sp³-hybridized carbons (Fsp3) is 0.259. The number of nitrogens with one attached hydrogen (secondary N) is 3. The lowest BCUT2D eigenvalue weighted by Gasteiger charge is -2.36. The van der Waals surface area contributed by atoms with Gasteiger partial charge in [-0.1, -0.05) is 72.8 Å². The second-order valence-electron chi connectivity index (χ2n) is 8.44. The van der Waals surface area contributed by atoms with Gasteiger partial charge in [0.05, 0.1) is 11.3 Å². The summed E-state index contributed by atoms with van der Waals surface area (Å²) in [6, 6.07) is 30.8. The van der Waals surface area contributed by atoms with Crippen LogP contribution in [0, 0.1) is 11.3 Å². The number of hydrogen-bond acceptors (Lipinski definition) is 2. The fourth-order valence-electron chi connectivity index (χ4n) is 4.68. The summed E-state index contributed by atoms with van der Waals surface area (Å²) in [5.41, 5.74) is 3.74. The second-order valence-corrected chi connectivity index (χ2v) is 8.44. The molecule has 3 aromatic rings. The van der Waals surface area contributed by atoms with Crippen LogP contribution in [0.3, 0.4) is 0 Å². The monoisotopic (exact) mass is 426 g/mol. The minimum Gasteiger partial charge on any atom is -0.320 e. The minimum absolute atomic E-state index is 0.0335. The number of nitriles is 1. The van der Waals surface area contributed by atoms with E-state index in [1.54, 1.807) is 18.2 Å². The van der Waals surface area contributed by atoms with Crippen LogP contribution in [0.5, 0.6) is 0 Å². The molecule has 0 bridgehead atoms. The summed E-state index contributed by atoms with van der Waals surface area (Å²) >= 11 is 0. The smallest absolute Gasteiger partial charge is 0.282 e. The molecule has 0 unspecified atom stereocenters. The molecule has 1 amide bonds. The molecule has 1 aliphatic rings. The average Bonchev–Trinajstić information content (AvgIpc) is 2.86. The van der Waals surface area contributed by atoms with Crippen molar-refractivity contribution in [1.82, 2.24) is 0 Å². The number of piperazine rings is 1. The number of para-hydroxylation sites is 1. The number of amides is 1. The maximum absolute atomic E-state index is 12.9. The maximum Gasteiger partial charge on any atom is 0.282 e. The van der Waals surface area contributed by atoms with Gasteiger partial charge in [0.2, 0.25) is 0 Å². The van der Waals surface area contributed by atoms with Crippen molar-refractivity contribution in [3.63, 3.8) is 0 Å². The van der Waals surface area contributed by atoms with Crippen LogP contribution in [0.25, 0.3) is 0 Å². The molecule has 1 heterocycles. The van der Waals surface area contributed by atoms with Gasteiger partial charge in [0.1, 0.15) is 38.3 Å². The molecule has 1 saturated heterocycles. The van der Waals surface area contributed by atoms with Crippen LogP contribution in [0.2, 0.25) is 0 Å². The van der Waals surface area contributed by atoms with E-state index in [1.165, 1.54) is 20.9 Å². The summed E-state index contributed by atoms with van der Waals surface area (Å²) in [6.07, 6.45) is 0. The zero-order valence-corrected chi connectivity index (χ0v) is 18.4. The van der Waals surface area contributed by atoms with Crippen LogP contribution in [-0.4, -0.2) is 38.1 Å². The van der Waals surface area contributed by atoms with E-state index < -0.39 is 0 Å². The highest BCUT2D eigenvalue weighted by Gasteiger charge is 2.35. The van der Waals surface area contributed by atoms with Crippen molar-refractivity contribution in [1.29, 1.82) is 5.26 Å². The Balaban J connectivity index is 1.43. The third kappa shape index (κ3) is 4.88. The van der Waals surface area contributed by atoms with Crippen LogP contribution >= 0.6 is 0 Å². The molecule has 5 heteroatoms. The van der Waals surface area contributed by atoms with E-state index in [9.17, 15) is 10.1 Å². The molecule has 162 valence electrons. The minimum atomic E-state index is -0.171. The molecule has 0 aromatic heterocycles.